The summed E-state index contributed by atoms with van der Waals surface area (Å²) in [5.41, 5.74) is 0.749. The Labute approximate surface area is 161 Å². The first kappa shape index (κ1) is 18.8. The Morgan fingerprint density at radius 3 is 2.44 bits per heavy atom. The van der Waals surface area contributed by atoms with Gasteiger partial charge in [-0.3, -0.25) is 14.9 Å². The maximum absolute atomic E-state index is 11.7. The van der Waals surface area contributed by atoms with Gasteiger partial charge in [-0.05, 0) is 54.6 Å². The van der Waals surface area contributed by atoms with E-state index in [1.54, 1.807) is 24.3 Å². The number of ether oxygens (including phenoxy) is 3. The van der Waals surface area contributed by atoms with E-state index < -0.39 is 0 Å². The summed E-state index contributed by atoms with van der Waals surface area (Å²) < 4.78 is 17.0. The zero-order valence-electron chi connectivity index (χ0n) is 14.8. The molecule has 3 rings (SSSR count). The monoisotopic (exact) mass is 385 g/mol. The summed E-state index contributed by atoms with van der Waals surface area (Å²) in [4.78, 5) is 23.3. The predicted molar refractivity (Wildman–Crippen MR) is 104 cm³/mol. The van der Waals surface area contributed by atoms with Crippen LogP contribution in [-0.4, -0.2) is 31.0 Å². The highest BCUT2D eigenvalue weighted by Gasteiger charge is 2.25. The lowest BCUT2D eigenvalue weighted by atomic mass is 10.2. The smallest absolute Gasteiger partial charge is 0.290 e. The van der Waals surface area contributed by atoms with E-state index >= 15 is 0 Å². The van der Waals surface area contributed by atoms with Gasteiger partial charge in [0.25, 0.3) is 11.1 Å². The summed E-state index contributed by atoms with van der Waals surface area (Å²) in [5, 5.41) is 1.87. The lowest BCUT2D eigenvalue weighted by Gasteiger charge is -2.13. The minimum absolute atomic E-state index is 0.354. The van der Waals surface area contributed by atoms with Crippen molar-refractivity contribution in [2.75, 3.05) is 19.8 Å². The molecule has 1 aliphatic heterocycles. The summed E-state index contributed by atoms with van der Waals surface area (Å²) in [6, 6.07) is 14.9. The largest absolute Gasteiger partial charge is 0.490 e. The number of thioether (sulfide) groups is 1. The van der Waals surface area contributed by atoms with Crippen molar-refractivity contribution in [3.05, 3.63) is 59.0 Å². The molecule has 7 heteroatoms. The molecule has 0 unspecified atom stereocenters. The van der Waals surface area contributed by atoms with Crippen LogP contribution in [0.3, 0.4) is 0 Å². The zero-order chi connectivity index (χ0) is 19.1. The van der Waals surface area contributed by atoms with E-state index in [1.807, 2.05) is 37.3 Å². The van der Waals surface area contributed by atoms with E-state index in [0.717, 1.165) is 23.1 Å². The van der Waals surface area contributed by atoms with Crippen molar-refractivity contribution in [3.8, 4) is 17.2 Å². The van der Waals surface area contributed by atoms with Crippen LogP contribution in [0.2, 0.25) is 0 Å². The molecule has 27 heavy (non-hydrogen) atoms. The Kier molecular flexibility index (Phi) is 6.38. The Balaban J connectivity index is 1.64. The third-order valence-corrected chi connectivity index (χ3v) is 4.37. The maximum Gasteiger partial charge on any atom is 0.290 e. The molecule has 2 amide bonds. The summed E-state index contributed by atoms with van der Waals surface area (Å²) >= 11 is 0.880. The van der Waals surface area contributed by atoms with Gasteiger partial charge in [0.15, 0.2) is 11.5 Å². The van der Waals surface area contributed by atoms with Gasteiger partial charge in [0.1, 0.15) is 19.0 Å². The van der Waals surface area contributed by atoms with Gasteiger partial charge in [0.2, 0.25) is 0 Å². The molecule has 0 atom stereocenters. The fourth-order valence-electron chi connectivity index (χ4n) is 2.40. The summed E-state index contributed by atoms with van der Waals surface area (Å²) in [6.45, 7) is 3.12. The van der Waals surface area contributed by atoms with Crippen LogP contribution in [0.15, 0.2) is 53.4 Å². The number of rotatable bonds is 8. The van der Waals surface area contributed by atoms with Crippen LogP contribution < -0.4 is 19.5 Å². The first-order valence-corrected chi connectivity index (χ1v) is 9.29. The first-order chi connectivity index (χ1) is 13.2. The molecule has 1 saturated heterocycles. The van der Waals surface area contributed by atoms with Crippen molar-refractivity contribution in [2.24, 2.45) is 0 Å². The average molecular weight is 385 g/mol. The number of para-hydroxylation sites is 1. The molecule has 0 spiro atoms. The Morgan fingerprint density at radius 2 is 1.74 bits per heavy atom. The Hall–Kier alpha value is -2.93. The molecule has 1 N–H and O–H groups in total. The number of imide groups is 1. The van der Waals surface area contributed by atoms with Crippen molar-refractivity contribution < 1.29 is 23.8 Å². The van der Waals surface area contributed by atoms with Crippen LogP contribution in [0.4, 0.5) is 4.79 Å². The molecule has 1 aliphatic rings. The van der Waals surface area contributed by atoms with Gasteiger partial charge in [-0.15, -0.1) is 0 Å². The highest BCUT2D eigenvalue weighted by molar-refractivity contribution is 8.18. The second-order valence-electron chi connectivity index (χ2n) is 5.50. The van der Waals surface area contributed by atoms with Gasteiger partial charge in [0, 0.05) is 0 Å². The molecular weight excluding hydrogens is 366 g/mol. The zero-order valence-corrected chi connectivity index (χ0v) is 15.6. The number of hydrogen-bond donors (Lipinski definition) is 1. The lowest BCUT2D eigenvalue weighted by molar-refractivity contribution is -0.115. The number of carbonyl (C=O) groups excluding carboxylic acids is 2. The standard InChI is InChI=1S/C20H19NO5S/c1-2-24-17-12-14(13-18-19(22)21-20(23)27-18)8-9-16(17)26-11-10-25-15-6-4-3-5-7-15/h3-9,12-13H,2,10-11H2,1H3,(H,21,22,23)/b18-13-. The quantitative estimate of drug-likeness (QED) is 0.549. The maximum atomic E-state index is 11.7. The normalized spacial score (nSPS) is 14.9. The number of benzene rings is 2. The summed E-state index contributed by atoms with van der Waals surface area (Å²) in [6.07, 6.45) is 1.65. The average Bonchev–Trinajstić information content (AvgIpc) is 2.98. The minimum Gasteiger partial charge on any atom is -0.490 e. The van der Waals surface area contributed by atoms with E-state index in [0.29, 0.717) is 36.2 Å². The molecule has 0 aromatic heterocycles. The summed E-state index contributed by atoms with van der Waals surface area (Å²) in [5.74, 6) is 1.56. The molecule has 140 valence electrons. The molecular formula is C20H19NO5S. The third-order valence-electron chi connectivity index (χ3n) is 3.56. The van der Waals surface area contributed by atoms with E-state index in [1.165, 1.54) is 0 Å². The van der Waals surface area contributed by atoms with Crippen LogP contribution in [0.25, 0.3) is 6.08 Å². The molecule has 1 heterocycles. The lowest BCUT2D eigenvalue weighted by Crippen LogP contribution is -2.17. The Bertz CT molecular complexity index is 851. The second-order valence-corrected chi connectivity index (χ2v) is 6.52. The fourth-order valence-corrected chi connectivity index (χ4v) is 3.08. The van der Waals surface area contributed by atoms with Gasteiger partial charge >= 0.3 is 0 Å². The van der Waals surface area contributed by atoms with Gasteiger partial charge < -0.3 is 14.2 Å². The minimum atomic E-state index is -0.388. The van der Waals surface area contributed by atoms with Crippen LogP contribution in [0, 0.1) is 0 Å². The highest BCUT2D eigenvalue weighted by Crippen LogP contribution is 2.31. The van der Waals surface area contributed by atoms with Crippen LogP contribution in [-0.2, 0) is 4.79 Å². The first-order valence-electron chi connectivity index (χ1n) is 8.48. The third kappa shape index (κ3) is 5.27. The van der Waals surface area contributed by atoms with Crippen LogP contribution >= 0.6 is 11.8 Å². The molecule has 0 bridgehead atoms. The predicted octanol–water partition coefficient (Wildman–Crippen LogP) is 3.87. The van der Waals surface area contributed by atoms with E-state index in [-0.39, 0.29) is 11.1 Å². The SMILES string of the molecule is CCOc1cc(/C=C2\SC(=O)NC2=O)ccc1OCCOc1ccccc1. The number of amides is 2. The number of hydrogen-bond acceptors (Lipinski definition) is 6. The van der Waals surface area contributed by atoms with Gasteiger partial charge in [-0.2, -0.15) is 0 Å². The second kappa shape index (κ2) is 9.14. The van der Waals surface area contributed by atoms with E-state index in [2.05, 4.69) is 5.32 Å². The topological polar surface area (TPSA) is 73.9 Å². The molecule has 2 aromatic carbocycles. The molecule has 0 saturated carbocycles. The molecule has 0 aliphatic carbocycles. The fraction of sp³-hybridized carbons (Fsp3) is 0.200. The molecule has 2 aromatic rings. The van der Waals surface area contributed by atoms with Crippen molar-refractivity contribution in [2.45, 2.75) is 6.92 Å². The van der Waals surface area contributed by atoms with Crippen LogP contribution in [0.1, 0.15) is 12.5 Å². The van der Waals surface area contributed by atoms with E-state index in [4.69, 9.17) is 14.2 Å². The molecule has 0 radical (unpaired) electrons. The number of nitrogens with one attached hydrogen (secondary N) is 1. The van der Waals surface area contributed by atoms with E-state index in [9.17, 15) is 9.59 Å². The molecule has 1 fully saturated rings. The summed E-state index contributed by atoms with van der Waals surface area (Å²) in [7, 11) is 0. The van der Waals surface area contributed by atoms with Gasteiger partial charge in [-0.1, -0.05) is 24.3 Å². The van der Waals surface area contributed by atoms with Crippen molar-refractivity contribution in [1.82, 2.24) is 5.32 Å². The van der Waals surface area contributed by atoms with Crippen molar-refractivity contribution >= 4 is 29.0 Å². The van der Waals surface area contributed by atoms with Crippen molar-refractivity contribution in [1.29, 1.82) is 0 Å². The van der Waals surface area contributed by atoms with Gasteiger partial charge in [-0.25, -0.2) is 0 Å². The number of carbonyl (C=O) groups is 2. The van der Waals surface area contributed by atoms with Gasteiger partial charge in [0.05, 0.1) is 11.5 Å². The highest BCUT2D eigenvalue weighted by atomic mass is 32.2. The van der Waals surface area contributed by atoms with Crippen LogP contribution in [0.5, 0.6) is 17.2 Å². The Morgan fingerprint density at radius 1 is 0.963 bits per heavy atom. The van der Waals surface area contributed by atoms with Crippen molar-refractivity contribution in [3.63, 3.8) is 0 Å². The molecule has 6 nitrogen and oxygen atoms in total.